The first-order valence-corrected chi connectivity index (χ1v) is 8.03. The van der Waals surface area contributed by atoms with Gasteiger partial charge in [0.05, 0.1) is 0 Å². The van der Waals surface area contributed by atoms with Crippen LogP contribution in [0.5, 0.6) is 11.5 Å². The number of hydrogen-bond donors (Lipinski definition) is 4. The lowest BCUT2D eigenvalue weighted by atomic mass is 9.99. The molecule has 146 valence electrons. The summed E-state index contributed by atoms with van der Waals surface area (Å²) in [5, 5.41) is 40.7. The lowest BCUT2D eigenvalue weighted by Crippen LogP contribution is -2.60. The van der Waals surface area contributed by atoms with Crippen LogP contribution in [0.3, 0.4) is 0 Å². The molecular formula is C17H18O10. The molecular weight excluding hydrogens is 364 g/mol. The molecule has 0 bridgehead atoms. The van der Waals surface area contributed by atoms with E-state index in [4.69, 9.17) is 18.6 Å². The number of esters is 1. The van der Waals surface area contributed by atoms with E-state index in [1.54, 1.807) is 0 Å². The summed E-state index contributed by atoms with van der Waals surface area (Å²) in [6, 6.07) is 5.50. The highest BCUT2D eigenvalue weighted by molar-refractivity contribution is 5.84. The molecule has 3 rings (SSSR count). The van der Waals surface area contributed by atoms with E-state index >= 15 is 0 Å². The van der Waals surface area contributed by atoms with E-state index in [1.165, 1.54) is 24.3 Å². The number of aliphatic hydroxyl groups excluding tert-OH is 3. The predicted octanol–water partition coefficient (Wildman–Crippen LogP) is -0.752. The van der Waals surface area contributed by atoms with Gasteiger partial charge in [0.15, 0.2) is 11.3 Å². The summed E-state index contributed by atoms with van der Waals surface area (Å²) in [5.74, 6) is -1.31. The maximum absolute atomic E-state index is 11.4. The van der Waals surface area contributed by atoms with E-state index in [0.717, 1.165) is 6.92 Å². The van der Waals surface area contributed by atoms with Crippen LogP contribution < -0.4 is 10.4 Å². The quantitative estimate of drug-likeness (QED) is 0.392. The molecule has 10 nitrogen and oxygen atoms in total. The second kappa shape index (κ2) is 7.53. The summed E-state index contributed by atoms with van der Waals surface area (Å²) in [5.41, 5.74) is -0.800. The normalized spacial score (nSPS) is 28.1. The van der Waals surface area contributed by atoms with Crippen LogP contribution in [-0.2, 0) is 14.3 Å². The lowest BCUT2D eigenvalue weighted by Gasteiger charge is -2.39. The van der Waals surface area contributed by atoms with Gasteiger partial charge in [-0.3, -0.25) is 4.79 Å². The van der Waals surface area contributed by atoms with Gasteiger partial charge in [-0.25, -0.2) is 4.79 Å². The average molecular weight is 382 g/mol. The number of phenols is 1. The van der Waals surface area contributed by atoms with Crippen molar-refractivity contribution in [2.24, 2.45) is 0 Å². The lowest BCUT2D eigenvalue weighted by molar-refractivity contribution is -0.278. The Morgan fingerprint density at radius 1 is 1.11 bits per heavy atom. The van der Waals surface area contributed by atoms with E-state index in [2.05, 4.69) is 0 Å². The van der Waals surface area contributed by atoms with Crippen molar-refractivity contribution in [3.8, 4) is 11.5 Å². The van der Waals surface area contributed by atoms with Crippen molar-refractivity contribution in [1.82, 2.24) is 0 Å². The van der Waals surface area contributed by atoms with Crippen molar-refractivity contribution in [3.05, 3.63) is 34.7 Å². The minimum atomic E-state index is -1.66. The topological polar surface area (TPSA) is 156 Å². The first kappa shape index (κ1) is 19.1. The number of carbonyl (C=O) groups excluding carboxylic acids is 1. The Kier molecular flexibility index (Phi) is 5.33. The van der Waals surface area contributed by atoms with Crippen molar-refractivity contribution in [2.45, 2.75) is 37.6 Å². The summed E-state index contributed by atoms with van der Waals surface area (Å²) in [4.78, 5) is 22.3. The molecule has 1 aromatic carbocycles. The SMILES string of the molecule is CC(=O)OCC1OC(Oc2ccc3ccc(=O)oc3c2O)C(O)C(O)C1O. The van der Waals surface area contributed by atoms with Gasteiger partial charge in [-0.05, 0) is 18.2 Å². The highest BCUT2D eigenvalue weighted by atomic mass is 16.7. The van der Waals surface area contributed by atoms with E-state index in [0.29, 0.717) is 5.39 Å². The number of rotatable bonds is 4. The molecule has 1 aromatic heterocycles. The minimum Gasteiger partial charge on any atom is -0.502 e. The predicted molar refractivity (Wildman–Crippen MR) is 88.1 cm³/mol. The molecule has 0 spiro atoms. The number of phenolic OH excluding ortho intramolecular Hbond substituents is 1. The number of benzene rings is 1. The van der Waals surface area contributed by atoms with Crippen LogP contribution in [0.15, 0.2) is 33.5 Å². The standard InChI is InChI=1S/C17H18O10/c1-7(18)24-6-10-12(20)14(22)15(23)17(26-10)25-9-4-2-8-3-5-11(19)27-16(8)13(9)21/h2-5,10,12,14-15,17,20-23H,6H2,1H3. The Bertz CT molecular complexity index is 891. The van der Waals surface area contributed by atoms with Gasteiger partial charge >= 0.3 is 11.6 Å². The Labute approximate surface area is 152 Å². The zero-order valence-electron chi connectivity index (χ0n) is 14.1. The van der Waals surface area contributed by atoms with Gasteiger partial charge in [0, 0.05) is 18.4 Å². The molecule has 1 aliphatic heterocycles. The highest BCUT2D eigenvalue weighted by Crippen LogP contribution is 2.35. The van der Waals surface area contributed by atoms with E-state index in [-0.39, 0.29) is 17.9 Å². The Hall–Kier alpha value is -2.66. The molecule has 1 aliphatic rings. The maximum Gasteiger partial charge on any atom is 0.336 e. The molecule has 2 heterocycles. The van der Waals surface area contributed by atoms with Crippen LogP contribution in [0.2, 0.25) is 0 Å². The second-order valence-electron chi connectivity index (χ2n) is 6.02. The van der Waals surface area contributed by atoms with Gasteiger partial charge in [-0.15, -0.1) is 0 Å². The summed E-state index contributed by atoms with van der Waals surface area (Å²) >= 11 is 0. The third kappa shape index (κ3) is 3.88. The molecule has 5 unspecified atom stereocenters. The molecule has 27 heavy (non-hydrogen) atoms. The van der Waals surface area contributed by atoms with Crippen molar-refractivity contribution in [1.29, 1.82) is 0 Å². The maximum atomic E-state index is 11.4. The first-order valence-electron chi connectivity index (χ1n) is 8.03. The molecule has 1 saturated heterocycles. The van der Waals surface area contributed by atoms with Gasteiger partial charge < -0.3 is 39.1 Å². The third-order valence-corrected chi connectivity index (χ3v) is 4.09. The van der Waals surface area contributed by atoms with Gasteiger partial charge in [-0.2, -0.15) is 0 Å². The van der Waals surface area contributed by atoms with Crippen LogP contribution in [0, 0.1) is 0 Å². The number of carbonyl (C=O) groups is 1. The second-order valence-corrected chi connectivity index (χ2v) is 6.02. The molecule has 0 aliphatic carbocycles. The Morgan fingerprint density at radius 3 is 2.52 bits per heavy atom. The van der Waals surface area contributed by atoms with Crippen molar-refractivity contribution >= 4 is 16.9 Å². The smallest absolute Gasteiger partial charge is 0.336 e. The van der Waals surface area contributed by atoms with Gasteiger partial charge in [-0.1, -0.05) is 0 Å². The molecule has 0 amide bonds. The van der Waals surface area contributed by atoms with E-state index in [1.807, 2.05) is 0 Å². The zero-order chi connectivity index (χ0) is 19.7. The first-order chi connectivity index (χ1) is 12.8. The third-order valence-electron chi connectivity index (χ3n) is 4.09. The largest absolute Gasteiger partial charge is 0.502 e. The number of fused-ring (bicyclic) bond motifs is 1. The Morgan fingerprint density at radius 2 is 1.81 bits per heavy atom. The number of ether oxygens (including phenoxy) is 3. The fraction of sp³-hybridized carbons (Fsp3) is 0.412. The summed E-state index contributed by atoms with van der Waals surface area (Å²) < 4.78 is 20.5. The van der Waals surface area contributed by atoms with Crippen LogP contribution in [-0.4, -0.2) is 63.7 Å². The number of aliphatic hydroxyl groups is 3. The van der Waals surface area contributed by atoms with Gasteiger partial charge in [0.2, 0.25) is 12.0 Å². The monoisotopic (exact) mass is 382 g/mol. The van der Waals surface area contributed by atoms with Crippen LogP contribution >= 0.6 is 0 Å². The van der Waals surface area contributed by atoms with Gasteiger partial charge in [0.1, 0.15) is 31.0 Å². The average Bonchev–Trinajstić information content (AvgIpc) is 2.63. The van der Waals surface area contributed by atoms with E-state index in [9.17, 15) is 30.0 Å². The summed E-state index contributed by atoms with van der Waals surface area (Å²) in [6.45, 7) is 0.786. The van der Waals surface area contributed by atoms with Crippen molar-refractivity contribution in [2.75, 3.05) is 6.61 Å². The molecule has 4 N–H and O–H groups in total. The fourth-order valence-corrected chi connectivity index (χ4v) is 2.67. The summed E-state index contributed by atoms with van der Waals surface area (Å²) in [7, 11) is 0. The Balaban J connectivity index is 1.84. The molecule has 1 fully saturated rings. The van der Waals surface area contributed by atoms with Gasteiger partial charge in [0.25, 0.3) is 0 Å². The number of hydrogen-bond acceptors (Lipinski definition) is 10. The van der Waals surface area contributed by atoms with Crippen LogP contribution in [0.4, 0.5) is 0 Å². The van der Waals surface area contributed by atoms with E-state index < -0.39 is 48.1 Å². The molecule has 0 saturated carbocycles. The van der Waals surface area contributed by atoms with Crippen molar-refractivity contribution < 1.29 is 43.8 Å². The fourth-order valence-electron chi connectivity index (χ4n) is 2.67. The molecule has 5 atom stereocenters. The van der Waals surface area contributed by atoms with Crippen LogP contribution in [0.1, 0.15) is 6.92 Å². The zero-order valence-corrected chi connectivity index (χ0v) is 14.1. The van der Waals surface area contributed by atoms with Crippen molar-refractivity contribution in [3.63, 3.8) is 0 Å². The minimum absolute atomic E-state index is 0.123. The molecule has 0 radical (unpaired) electrons. The molecule has 10 heteroatoms. The van der Waals surface area contributed by atoms with Crippen LogP contribution in [0.25, 0.3) is 11.0 Å². The summed E-state index contributed by atoms with van der Waals surface area (Å²) in [6.07, 6.45) is -7.50. The molecule has 2 aromatic rings. The number of aromatic hydroxyl groups is 1. The highest BCUT2D eigenvalue weighted by Gasteiger charge is 2.45.